The Morgan fingerprint density at radius 3 is 1.50 bits per heavy atom. The summed E-state index contributed by atoms with van der Waals surface area (Å²) in [5.74, 6) is 0.296. The van der Waals surface area contributed by atoms with Crippen molar-refractivity contribution in [3.05, 3.63) is 24.3 Å². The van der Waals surface area contributed by atoms with Gasteiger partial charge < -0.3 is 28.4 Å². The first-order chi connectivity index (χ1) is 16.0. The van der Waals surface area contributed by atoms with Gasteiger partial charge in [0, 0.05) is 17.6 Å². The Morgan fingerprint density at radius 2 is 1.15 bits per heavy atom. The molecular weight excluding hydrogens is 440 g/mol. The third kappa shape index (κ3) is 7.13. The molecule has 0 aromatic rings. The Labute approximate surface area is 202 Å². The van der Waals surface area contributed by atoms with Gasteiger partial charge in [-0.15, -0.1) is 0 Å². The van der Waals surface area contributed by atoms with Crippen LogP contribution in [0, 0.1) is 11.8 Å². The average molecular weight is 481 g/mol. The van der Waals surface area contributed by atoms with Gasteiger partial charge in [-0.3, -0.25) is 0 Å². The number of hydrogen-bond donors (Lipinski definition) is 0. The molecule has 8 heteroatoms. The third-order valence-electron chi connectivity index (χ3n) is 6.88. The molecule has 0 spiro atoms. The third-order valence-corrected chi connectivity index (χ3v) is 6.88. The van der Waals surface area contributed by atoms with Gasteiger partial charge in [0.15, 0.2) is 0 Å². The molecule has 0 saturated heterocycles. The topological polar surface area (TPSA) is 89.5 Å². The molecule has 4 bridgehead atoms. The second-order valence-corrected chi connectivity index (χ2v) is 10.3. The Bertz CT molecular complexity index is 701. The van der Waals surface area contributed by atoms with E-state index in [1.54, 1.807) is 27.7 Å². The summed E-state index contributed by atoms with van der Waals surface area (Å²) in [7, 11) is 0. The van der Waals surface area contributed by atoms with Crippen molar-refractivity contribution in [2.45, 2.75) is 90.0 Å². The fourth-order valence-electron chi connectivity index (χ4n) is 5.95. The Kier molecular flexibility index (Phi) is 8.95. The van der Waals surface area contributed by atoms with E-state index in [4.69, 9.17) is 28.4 Å². The smallest absolute Gasteiger partial charge is 0.335 e. The molecule has 0 aromatic heterocycles. The van der Waals surface area contributed by atoms with Crippen LogP contribution >= 0.6 is 0 Å². The maximum Gasteiger partial charge on any atom is 0.335 e. The maximum atomic E-state index is 11.6. The first kappa shape index (κ1) is 26.9. The molecule has 0 aliphatic heterocycles. The van der Waals surface area contributed by atoms with Gasteiger partial charge >= 0.3 is 11.9 Å². The van der Waals surface area contributed by atoms with Gasteiger partial charge in [-0.1, -0.05) is 13.2 Å². The summed E-state index contributed by atoms with van der Waals surface area (Å²) >= 11 is 0. The number of ether oxygens (including phenoxy) is 6. The minimum Gasteiger partial charge on any atom is -0.433 e. The normalized spacial score (nSPS) is 31.1. The van der Waals surface area contributed by atoms with E-state index in [0.29, 0.717) is 49.4 Å². The molecule has 4 rings (SSSR count). The molecule has 8 nitrogen and oxygen atoms in total. The zero-order chi connectivity index (χ0) is 24.9. The summed E-state index contributed by atoms with van der Waals surface area (Å²) in [5, 5.41) is 0. The first-order valence-electron chi connectivity index (χ1n) is 12.3. The lowest BCUT2D eigenvalue weighted by Crippen LogP contribution is -2.61. The second kappa shape index (κ2) is 11.3. The van der Waals surface area contributed by atoms with Crippen LogP contribution in [0.1, 0.15) is 66.2 Å². The van der Waals surface area contributed by atoms with E-state index in [2.05, 4.69) is 13.2 Å². The van der Waals surface area contributed by atoms with Gasteiger partial charge in [0.05, 0.1) is 37.6 Å². The highest BCUT2D eigenvalue weighted by molar-refractivity contribution is 5.87. The van der Waals surface area contributed by atoms with Crippen LogP contribution in [0.15, 0.2) is 24.3 Å². The molecule has 0 amide bonds. The highest BCUT2D eigenvalue weighted by Crippen LogP contribution is 2.60. The lowest BCUT2D eigenvalue weighted by molar-refractivity contribution is -0.247. The summed E-state index contributed by atoms with van der Waals surface area (Å²) in [5.41, 5.74) is 0.323. The van der Waals surface area contributed by atoms with Crippen LogP contribution in [0.5, 0.6) is 0 Å². The van der Waals surface area contributed by atoms with E-state index in [1.165, 1.54) is 6.42 Å². The Morgan fingerprint density at radius 1 is 0.765 bits per heavy atom. The van der Waals surface area contributed by atoms with Crippen molar-refractivity contribution >= 4 is 11.9 Å². The summed E-state index contributed by atoms with van der Waals surface area (Å²) in [4.78, 5) is 23.2. The lowest BCUT2D eigenvalue weighted by Gasteiger charge is -2.61. The Balaban J connectivity index is 1.43. The van der Waals surface area contributed by atoms with E-state index < -0.39 is 24.5 Å². The minimum atomic E-state index is -0.643. The standard InChI is InChI=1S/C26H40O8/c1-17(2)23(27)33-19(5)29-7-9-31-25-12-21-11-22(13-25)15-26(14-21,16-25)32-10-8-30-20(6)34-24(28)18(3)4/h19-22H,1,3,7-16H2,2,4-6H3. The predicted molar refractivity (Wildman–Crippen MR) is 125 cm³/mol. The zero-order valence-corrected chi connectivity index (χ0v) is 21.1. The molecule has 0 heterocycles. The van der Waals surface area contributed by atoms with Crippen molar-refractivity contribution in [3.8, 4) is 0 Å². The summed E-state index contributed by atoms with van der Waals surface area (Å²) < 4.78 is 34.3. The van der Waals surface area contributed by atoms with Crippen LogP contribution in [0.2, 0.25) is 0 Å². The highest BCUT2D eigenvalue weighted by atomic mass is 16.7. The van der Waals surface area contributed by atoms with Crippen molar-refractivity contribution in [2.24, 2.45) is 11.8 Å². The molecule has 192 valence electrons. The van der Waals surface area contributed by atoms with Gasteiger partial charge in [0.1, 0.15) is 0 Å². The number of esters is 2. The molecule has 2 atom stereocenters. The zero-order valence-electron chi connectivity index (χ0n) is 21.1. The largest absolute Gasteiger partial charge is 0.433 e. The van der Waals surface area contributed by atoms with Crippen LogP contribution in [0.25, 0.3) is 0 Å². The van der Waals surface area contributed by atoms with Gasteiger partial charge in [-0.25, -0.2) is 9.59 Å². The van der Waals surface area contributed by atoms with Crippen molar-refractivity contribution in [3.63, 3.8) is 0 Å². The molecule has 0 aromatic carbocycles. The second-order valence-electron chi connectivity index (χ2n) is 10.3. The highest BCUT2D eigenvalue weighted by Gasteiger charge is 2.59. The monoisotopic (exact) mass is 480 g/mol. The number of hydrogen-bond acceptors (Lipinski definition) is 8. The number of carbonyl (C=O) groups excluding carboxylic acids is 2. The molecule has 4 saturated carbocycles. The Hall–Kier alpha value is -1.74. The van der Waals surface area contributed by atoms with Crippen LogP contribution in [0.4, 0.5) is 0 Å². The minimum absolute atomic E-state index is 0.184. The quantitative estimate of drug-likeness (QED) is 0.159. The average Bonchev–Trinajstić information content (AvgIpc) is 2.73. The molecule has 0 N–H and O–H groups in total. The SMILES string of the molecule is C=C(C)C(=O)OC(C)OCCOC12CC3CC(C1)CC(OCCOC(C)OC(=O)C(=C)C)(C3)C2. The van der Waals surface area contributed by atoms with Crippen LogP contribution < -0.4 is 0 Å². The van der Waals surface area contributed by atoms with Crippen LogP contribution in [-0.2, 0) is 38.0 Å². The fraction of sp³-hybridized carbons (Fsp3) is 0.769. The van der Waals surface area contributed by atoms with E-state index in [1.807, 2.05) is 0 Å². The van der Waals surface area contributed by atoms with Crippen LogP contribution in [0.3, 0.4) is 0 Å². The molecule has 4 fully saturated rings. The number of carbonyl (C=O) groups is 2. The van der Waals surface area contributed by atoms with E-state index in [9.17, 15) is 9.59 Å². The van der Waals surface area contributed by atoms with Gasteiger partial charge in [-0.2, -0.15) is 0 Å². The van der Waals surface area contributed by atoms with Crippen LogP contribution in [-0.4, -0.2) is 62.1 Å². The van der Waals surface area contributed by atoms with Gasteiger partial charge in [-0.05, 0) is 71.6 Å². The summed E-state index contributed by atoms with van der Waals surface area (Å²) in [6, 6.07) is 0. The van der Waals surface area contributed by atoms with E-state index in [-0.39, 0.29) is 11.2 Å². The van der Waals surface area contributed by atoms with Crippen molar-refractivity contribution in [1.29, 1.82) is 0 Å². The van der Waals surface area contributed by atoms with Crippen molar-refractivity contribution < 1.29 is 38.0 Å². The van der Waals surface area contributed by atoms with E-state index in [0.717, 1.165) is 32.1 Å². The molecule has 4 aliphatic rings. The van der Waals surface area contributed by atoms with E-state index >= 15 is 0 Å². The predicted octanol–water partition coefficient (Wildman–Crippen LogP) is 4.07. The van der Waals surface area contributed by atoms with Crippen molar-refractivity contribution in [1.82, 2.24) is 0 Å². The van der Waals surface area contributed by atoms with Gasteiger partial charge in [0.2, 0.25) is 12.6 Å². The molecule has 34 heavy (non-hydrogen) atoms. The summed E-state index contributed by atoms with van der Waals surface area (Å²) in [6.07, 6.45) is 5.04. The maximum absolute atomic E-state index is 11.6. The lowest BCUT2D eigenvalue weighted by atomic mass is 9.52. The molecular formula is C26H40O8. The molecule has 2 unspecified atom stereocenters. The first-order valence-corrected chi connectivity index (χ1v) is 12.3. The van der Waals surface area contributed by atoms with Crippen molar-refractivity contribution in [2.75, 3.05) is 26.4 Å². The fourth-order valence-corrected chi connectivity index (χ4v) is 5.95. The number of rotatable bonds is 14. The molecule has 4 aliphatic carbocycles. The summed E-state index contributed by atoms with van der Waals surface area (Å²) in [6.45, 7) is 15.3. The molecule has 0 radical (unpaired) electrons. The van der Waals surface area contributed by atoms with Gasteiger partial charge in [0.25, 0.3) is 0 Å².